The van der Waals surface area contributed by atoms with E-state index in [1.165, 1.54) is 14.2 Å². The monoisotopic (exact) mass is 688 g/mol. The molecule has 18 heteroatoms. The Hall–Kier alpha value is -1.17. The topological polar surface area (TPSA) is 273 Å². The molecule has 18 nitrogen and oxygen atoms in total. The van der Waals surface area contributed by atoms with E-state index in [2.05, 4.69) is 4.74 Å². The number of hydrogen-bond donors (Lipinski definition) is 9. The molecule has 0 bridgehead atoms. The summed E-state index contributed by atoms with van der Waals surface area (Å²) in [5, 5.41) is 94.0. The summed E-state index contributed by atoms with van der Waals surface area (Å²) in [7, 11) is 2.59. The van der Waals surface area contributed by atoms with Gasteiger partial charge in [0.2, 0.25) is 0 Å². The van der Waals surface area contributed by atoms with Crippen molar-refractivity contribution in [2.75, 3.05) is 40.6 Å². The molecule has 0 saturated carbocycles. The lowest BCUT2D eigenvalue weighted by Gasteiger charge is -2.48. The molecule has 0 amide bonds. The van der Waals surface area contributed by atoms with Crippen molar-refractivity contribution in [3.63, 3.8) is 0 Å². The predicted molar refractivity (Wildman–Crippen MR) is 154 cm³/mol. The predicted octanol–water partition coefficient (Wildman–Crippen LogP) is -3.99. The van der Waals surface area contributed by atoms with E-state index in [4.69, 9.17) is 33.2 Å². The lowest BCUT2D eigenvalue weighted by molar-refractivity contribution is -0.389. The minimum atomic E-state index is -1.85. The number of carbonyl (C=O) groups is 1. The molecule has 9 N–H and O–H groups in total. The summed E-state index contributed by atoms with van der Waals surface area (Å²) < 4.78 is 43.8. The molecule has 0 aromatic heterocycles. The number of aliphatic hydroxyl groups excluding tert-OH is 9. The van der Waals surface area contributed by atoms with Gasteiger partial charge >= 0.3 is 5.97 Å². The van der Waals surface area contributed by atoms with Crippen LogP contribution in [0.4, 0.5) is 0 Å². The number of rotatable bonds is 18. The van der Waals surface area contributed by atoms with Crippen LogP contribution in [0.2, 0.25) is 0 Å². The molecule has 0 spiro atoms. The Bertz CT molecular complexity index is 897. The number of unbranched alkanes of at least 4 members (excludes halogenated alkanes) is 5. The Balaban J connectivity index is 1.65. The largest absolute Gasteiger partial charge is 0.469 e. The van der Waals surface area contributed by atoms with Crippen molar-refractivity contribution in [3.05, 3.63) is 0 Å². The first kappa shape index (κ1) is 40.3. The van der Waals surface area contributed by atoms with Crippen molar-refractivity contribution in [1.29, 1.82) is 0 Å². The fraction of sp³-hybridized carbons (Fsp3) is 0.966. The second-order valence-electron chi connectivity index (χ2n) is 11.8. The number of esters is 1. The zero-order valence-electron chi connectivity index (χ0n) is 26.6. The molecule has 0 unspecified atom stereocenters. The average Bonchev–Trinajstić information content (AvgIpc) is 3.07. The quantitative estimate of drug-likeness (QED) is 0.0490. The molecule has 3 fully saturated rings. The van der Waals surface area contributed by atoms with E-state index >= 15 is 0 Å². The van der Waals surface area contributed by atoms with Gasteiger partial charge in [-0.3, -0.25) is 4.79 Å². The van der Waals surface area contributed by atoms with Crippen LogP contribution in [0, 0.1) is 0 Å². The standard InChI is InChI=1S/C29H52O18/c1-40-17(33)9-7-5-3-4-6-8-10-42-27-23(39)25(19(35)15(12-31)43-27)46-29-26(20(36)18(34)14(11-30)44-29)47-28-22(38)21(37)24(41-2)16(13-32)45-28/h14-16,18-32,34-39H,3-13H2,1-2H3/t14-,15-,16-,18-,19-,20+,21-,22-,23-,24-,25+,26-,27+,28+,29+/m1/s1. The van der Waals surface area contributed by atoms with Crippen LogP contribution in [0.3, 0.4) is 0 Å². The van der Waals surface area contributed by atoms with Crippen LogP contribution >= 0.6 is 0 Å². The fourth-order valence-corrected chi connectivity index (χ4v) is 5.81. The Kier molecular flexibility index (Phi) is 17.0. The van der Waals surface area contributed by atoms with Gasteiger partial charge in [0, 0.05) is 20.1 Å². The van der Waals surface area contributed by atoms with Gasteiger partial charge < -0.3 is 83.9 Å². The highest BCUT2D eigenvalue weighted by Gasteiger charge is 2.54. The summed E-state index contributed by atoms with van der Waals surface area (Å²) in [6, 6.07) is 0. The van der Waals surface area contributed by atoms with Crippen molar-refractivity contribution in [1.82, 2.24) is 0 Å². The third-order valence-electron chi connectivity index (χ3n) is 8.61. The first-order chi connectivity index (χ1) is 22.5. The maximum atomic E-state index is 11.2. The first-order valence-corrected chi connectivity index (χ1v) is 15.9. The molecule has 3 aliphatic heterocycles. The number of carbonyl (C=O) groups excluding carboxylic acids is 1. The van der Waals surface area contributed by atoms with Crippen molar-refractivity contribution in [2.45, 2.75) is 137 Å². The molecule has 0 aliphatic carbocycles. The number of methoxy groups -OCH3 is 2. The fourth-order valence-electron chi connectivity index (χ4n) is 5.81. The number of ether oxygens (including phenoxy) is 8. The second kappa shape index (κ2) is 19.9. The first-order valence-electron chi connectivity index (χ1n) is 15.9. The van der Waals surface area contributed by atoms with Gasteiger partial charge in [-0.05, 0) is 12.8 Å². The molecule has 0 radical (unpaired) electrons. The Labute approximate surface area is 272 Å². The Morgan fingerprint density at radius 3 is 1.70 bits per heavy atom. The maximum Gasteiger partial charge on any atom is 0.305 e. The zero-order valence-corrected chi connectivity index (χ0v) is 26.6. The second-order valence-corrected chi connectivity index (χ2v) is 11.8. The van der Waals surface area contributed by atoms with E-state index in [1.54, 1.807) is 0 Å². The number of hydrogen-bond acceptors (Lipinski definition) is 18. The summed E-state index contributed by atoms with van der Waals surface area (Å²) in [6.07, 6.45) is -18.2. The summed E-state index contributed by atoms with van der Waals surface area (Å²) in [5.74, 6) is -0.244. The molecule has 0 aromatic carbocycles. The molecule has 0 aromatic rings. The van der Waals surface area contributed by atoms with Crippen molar-refractivity contribution < 1.29 is 88.6 Å². The summed E-state index contributed by atoms with van der Waals surface area (Å²) in [4.78, 5) is 11.2. The molecule has 15 atom stereocenters. The van der Waals surface area contributed by atoms with E-state index in [0.717, 1.165) is 32.1 Å². The highest BCUT2D eigenvalue weighted by atomic mass is 16.8. The van der Waals surface area contributed by atoms with Crippen LogP contribution in [0.5, 0.6) is 0 Å². The molecule has 3 heterocycles. The highest BCUT2D eigenvalue weighted by molar-refractivity contribution is 5.68. The van der Waals surface area contributed by atoms with Gasteiger partial charge in [-0.1, -0.05) is 25.7 Å². The van der Waals surface area contributed by atoms with Gasteiger partial charge in [0.1, 0.15) is 73.2 Å². The van der Waals surface area contributed by atoms with Crippen LogP contribution < -0.4 is 0 Å². The molecule has 276 valence electrons. The summed E-state index contributed by atoms with van der Waals surface area (Å²) >= 11 is 0. The van der Waals surface area contributed by atoms with E-state index in [1.807, 2.05) is 0 Å². The lowest BCUT2D eigenvalue weighted by atomic mass is 9.96. The smallest absolute Gasteiger partial charge is 0.305 e. The summed E-state index contributed by atoms with van der Waals surface area (Å²) in [5.41, 5.74) is 0. The third kappa shape index (κ3) is 10.4. The Morgan fingerprint density at radius 2 is 1.09 bits per heavy atom. The van der Waals surface area contributed by atoms with Crippen LogP contribution in [0.25, 0.3) is 0 Å². The molecule has 3 aliphatic rings. The third-order valence-corrected chi connectivity index (χ3v) is 8.61. The lowest BCUT2D eigenvalue weighted by Crippen LogP contribution is -2.67. The van der Waals surface area contributed by atoms with Crippen LogP contribution in [-0.2, 0) is 42.7 Å². The van der Waals surface area contributed by atoms with Crippen molar-refractivity contribution in [2.24, 2.45) is 0 Å². The van der Waals surface area contributed by atoms with Crippen molar-refractivity contribution in [3.8, 4) is 0 Å². The minimum absolute atomic E-state index is 0.154. The van der Waals surface area contributed by atoms with Crippen LogP contribution in [0.1, 0.15) is 44.9 Å². The van der Waals surface area contributed by atoms with Gasteiger partial charge in [-0.2, -0.15) is 0 Å². The van der Waals surface area contributed by atoms with E-state index < -0.39 is 112 Å². The molecular weight excluding hydrogens is 636 g/mol. The molecule has 3 saturated heterocycles. The van der Waals surface area contributed by atoms with Crippen molar-refractivity contribution >= 4 is 5.97 Å². The van der Waals surface area contributed by atoms with Gasteiger partial charge in [0.05, 0.1) is 26.9 Å². The molecule has 47 heavy (non-hydrogen) atoms. The van der Waals surface area contributed by atoms with E-state index in [-0.39, 0.29) is 12.6 Å². The SMILES string of the molecule is COC(=O)CCCCCCCCO[C@H]1O[C@H](CO)[C@@H](O)[C@H](O[C@@H]2O[C@H](CO)[C@@H](O)[C@H](O)[C@H]2O[C@@H]2O[C@H](CO)[C@@H](OC)[C@H](O)[C@H]2O)[C@H]1O. The van der Waals surface area contributed by atoms with E-state index in [0.29, 0.717) is 12.8 Å². The van der Waals surface area contributed by atoms with Gasteiger partial charge in [0.25, 0.3) is 0 Å². The van der Waals surface area contributed by atoms with Gasteiger partial charge in [-0.15, -0.1) is 0 Å². The maximum absolute atomic E-state index is 11.2. The molecular formula is C29H52O18. The van der Waals surface area contributed by atoms with E-state index in [9.17, 15) is 50.8 Å². The van der Waals surface area contributed by atoms with Gasteiger partial charge in [0.15, 0.2) is 18.9 Å². The minimum Gasteiger partial charge on any atom is -0.469 e. The average molecular weight is 689 g/mol. The van der Waals surface area contributed by atoms with Crippen LogP contribution in [0.15, 0.2) is 0 Å². The normalized spacial score (nSPS) is 41.1. The molecule has 3 rings (SSSR count). The zero-order chi connectivity index (χ0) is 34.7. The van der Waals surface area contributed by atoms with Gasteiger partial charge in [-0.25, -0.2) is 0 Å². The Morgan fingerprint density at radius 1 is 0.553 bits per heavy atom. The summed E-state index contributed by atoms with van der Waals surface area (Å²) in [6.45, 7) is -1.94. The van der Waals surface area contributed by atoms with Crippen LogP contribution in [-0.4, -0.2) is 185 Å². The highest BCUT2D eigenvalue weighted by Crippen LogP contribution is 2.33. The number of aliphatic hydroxyl groups is 9.